The van der Waals surface area contributed by atoms with Crippen molar-refractivity contribution >= 4 is 10.2 Å². The van der Waals surface area contributed by atoms with Gasteiger partial charge in [0, 0.05) is 16.8 Å². The van der Waals surface area contributed by atoms with Gasteiger partial charge in [-0.2, -0.15) is 0 Å². The lowest BCUT2D eigenvalue weighted by Crippen LogP contribution is -2.33. The molecule has 1 aliphatic heterocycles. The van der Waals surface area contributed by atoms with E-state index in [1.165, 1.54) is 81.8 Å². The monoisotopic (exact) mass is 318 g/mol. The van der Waals surface area contributed by atoms with Gasteiger partial charge in [-0.15, -0.1) is 0 Å². The van der Waals surface area contributed by atoms with Crippen LogP contribution in [0.5, 0.6) is 0 Å². The van der Waals surface area contributed by atoms with Crippen molar-refractivity contribution in [2.24, 2.45) is 0 Å². The van der Waals surface area contributed by atoms with Gasteiger partial charge in [-0.05, 0) is 43.2 Å². The van der Waals surface area contributed by atoms with E-state index in [0.717, 1.165) is 16.8 Å². The van der Waals surface area contributed by atoms with E-state index in [1.54, 1.807) is 0 Å². The second-order valence-corrected chi connectivity index (χ2v) is 8.72. The molecule has 0 aliphatic carbocycles. The summed E-state index contributed by atoms with van der Waals surface area (Å²) in [5.74, 6) is 0. The maximum absolute atomic E-state index is 6.10. The van der Waals surface area contributed by atoms with Gasteiger partial charge in [0.15, 0.2) is 0 Å². The second-order valence-electron chi connectivity index (χ2n) is 7.10. The second kappa shape index (κ2) is 9.52. The van der Waals surface area contributed by atoms with Gasteiger partial charge in [-0.3, -0.25) is 0 Å². The quantitative estimate of drug-likeness (QED) is 0.474. The molecule has 0 radical (unpaired) electrons. The average molecular weight is 319 g/mol. The van der Waals surface area contributed by atoms with E-state index in [2.05, 4.69) is 31.2 Å². The third kappa shape index (κ3) is 5.55. The van der Waals surface area contributed by atoms with Gasteiger partial charge in [-0.25, -0.2) is 0 Å². The van der Waals surface area contributed by atoms with Crippen molar-refractivity contribution in [3.8, 4) is 0 Å². The molecule has 0 saturated carbocycles. The molecule has 1 aromatic rings. The summed E-state index contributed by atoms with van der Waals surface area (Å²) in [4.78, 5) is 0. The first-order valence-electron chi connectivity index (χ1n) is 9.48. The number of aryl methyl sites for hydroxylation is 1. The SMILES string of the molecule is CCCCCCCCCc1ccc(C2([SiH3])CCCCO2)cc1. The fourth-order valence-corrected chi connectivity index (χ4v) is 4.36. The summed E-state index contributed by atoms with van der Waals surface area (Å²) in [6.45, 7) is 3.23. The Morgan fingerprint density at radius 3 is 2.27 bits per heavy atom. The summed E-state index contributed by atoms with van der Waals surface area (Å²) in [5.41, 5.74) is 2.92. The van der Waals surface area contributed by atoms with Crippen molar-refractivity contribution in [1.29, 1.82) is 0 Å². The highest BCUT2D eigenvalue weighted by molar-refractivity contribution is 6.14. The van der Waals surface area contributed by atoms with E-state index in [-0.39, 0.29) is 5.22 Å². The zero-order chi connectivity index (χ0) is 15.7. The zero-order valence-corrected chi connectivity index (χ0v) is 16.7. The molecule has 0 N–H and O–H groups in total. The lowest BCUT2D eigenvalue weighted by molar-refractivity contribution is -0.0210. The normalized spacial score (nSPS) is 22.0. The maximum atomic E-state index is 6.10. The van der Waals surface area contributed by atoms with Crippen LogP contribution in [0.15, 0.2) is 24.3 Å². The summed E-state index contributed by atoms with van der Waals surface area (Å²) >= 11 is 0. The standard InChI is InChI=1S/C20H34OSi/c1-2-3-4-5-6-7-8-11-18-12-14-19(15-13-18)20(22)16-9-10-17-21-20/h12-15H,2-11,16-17H2,1,22H3. The average Bonchev–Trinajstić information content (AvgIpc) is 2.55. The number of benzene rings is 1. The smallest absolute Gasteiger partial charge is 0.0723 e. The molecule has 1 aromatic carbocycles. The van der Waals surface area contributed by atoms with Crippen LogP contribution in [0.25, 0.3) is 0 Å². The molecule has 1 atom stereocenters. The predicted octanol–water partition coefficient (Wildman–Crippen LogP) is 4.70. The summed E-state index contributed by atoms with van der Waals surface area (Å²) in [6.07, 6.45) is 14.8. The number of hydrogen-bond donors (Lipinski definition) is 0. The Balaban J connectivity index is 1.70. The molecule has 0 bridgehead atoms. The summed E-state index contributed by atoms with van der Waals surface area (Å²) in [7, 11) is 1.10. The van der Waals surface area contributed by atoms with Crippen LogP contribution in [0.1, 0.15) is 82.3 Å². The Kier molecular flexibility index (Phi) is 7.68. The number of ether oxygens (including phenoxy) is 1. The molecule has 1 nitrogen and oxygen atoms in total. The highest BCUT2D eigenvalue weighted by Gasteiger charge is 2.29. The molecular formula is C20H34OSi. The van der Waals surface area contributed by atoms with Gasteiger partial charge in [-0.1, -0.05) is 69.7 Å². The maximum Gasteiger partial charge on any atom is 0.0723 e. The molecular weight excluding hydrogens is 284 g/mol. The van der Waals surface area contributed by atoms with Crippen molar-refractivity contribution < 1.29 is 4.74 Å². The Bertz CT molecular complexity index is 406. The highest BCUT2D eigenvalue weighted by atomic mass is 28.1. The molecule has 1 fully saturated rings. The molecule has 1 unspecified atom stereocenters. The van der Waals surface area contributed by atoms with Crippen LogP contribution in [0, 0.1) is 0 Å². The van der Waals surface area contributed by atoms with Gasteiger partial charge in [0.25, 0.3) is 0 Å². The zero-order valence-electron chi connectivity index (χ0n) is 14.7. The summed E-state index contributed by atoms with van der Waals surface area (Å²) in [5, 5.41) is 0.0933. The van der Waals surface area contributed by atoms with Crippen LogP contribution in [0.2, 0.25) is 0 Å². The minimum absolute atomic E-state index is 0.0933. The third-order valence-electron chi connectivity index (χ3n) is 5.10. The lowest BCUT2D eigenvalue weighted by atomic mass is 9.97. The molecule has 1 heterocycles. The van der Waals surface area contributed by atoms with Crippen LogP contribution in [-0.2, 0) is 16.4 Å². The molecule has 0 spiro atoms. The van der Waals surface area contributed by atoms with Crippen molar-refractivity contribution in [3.63, 3.8) is 0 Å². The Labute approximate surface area is 140 Å². The Morgan fingerprint density at radius 2 is 1.64 bits per heavy atom. The van der Waals surface area contributed by atoms with E-state index in [9.17, 15) is 0 Å². The summed E-state index contributed by atoms with van der Waals surface area (Å²) in [6, 6.07) is 9.33. The molecule has 2 rings (SSSR count). The minimum atomic E-state index is 0.0933. The first kappa shape index (κ1) is 17.7. The van der Waals surface area contributed by atoms with E-state index >= 15 is 0 Å². The van der Waals surface area contributed by atoms with Gasteiger partial charge in [0.1, 0.15) is 0 Å². The van der Waals surface area contributed by atoms with E-state index in [1.807, 2.05) is 0 Å². The van der Waals surface area contributed by atoms with Crippen molar-refractivity contribution in [1.82, 2.24) is 0 Å². The van der Waals surface area contributed by atoms with Crippen molar-refractivity contribution in [2.75, 3.05) is 6.61 Å². The first-order chi connectivity index (χ1) is 10.7. The fourth-order valence-electron chi connectivity index (χ4n) is 3.47. The first-order valence-corrected chi connectivity index (χ1v) is 10.5. The summed E-state index contributed by atoms with van der Waals surface area (Å²) < 4.78 is 6.10. The third-order valence-corrected chi connectivity index (χ3v) is 6.47. The fraction of sp³-hybridized carbons (Fsp3) is 0.700. The van der Waals surface area contributed by atoms with Crippen LogP contribution >= 0.6 is 0 Å². The van der Waals surface area contributed by atoms with Crippen molar-refractivity contribution in [3.05, 3.63) is 35.4 Å². The van der Waals surface area contributed by atoms with E-state index in [4.69, 9.17) is 4.74 Å². The van der Waals surface area contributed by atoms with Crippen molar-refractivity contribution in [2.45, 2.75) is 82.8 Å². The molecule has 1 saturated heterocycles. The number of rotatable bonds is 9. The Morgan fingerprint density at radius 1 is 0.955 bits per heavy atom. The van der Waals surface area contributed by atoms with Crippen LogP contribution in [0.4, 0.5) is 0 Å². The molecule has 2 heteroatoms. The highest BCUT2D eigenvalue weighted by Crippen LogP contribution is 2.32. The largest absolute Gasteiger partial charge is 0.375 e. The molecule has 124 valence electrons. The Hall–Kier alpha value is -0.603. The van der Waals surface area contributed by atoms with Crippen LogP contribution in [-0.4, -0.2) is 16.8 Å². The van der Waals surface area contributed by atoms with E-state index < -0.39 is 0 Å². The molecule has 0 aromatic heterocycles. The van der Waals surface area contributed by atoms with Crippen LogP contribution in [0.3, 0.4) is 0 Å². The van der Waals surface area contributed by atoms with Gasteiger partial charge < -0.3 is 4.74 Å². The minimum Gasteiger partial charge on any atom is -0.375 e. The number of hydrogen-bond acceptors (Lipinski definition) is 1. The topological polar surface area (TPSA) is 9.23 Å². The molecule has 1 aliphatic rings. The van der Waals surface area contributed by atoms with Crippen LogP contribution < -0.4 is 0 Å². The molecule has 22 heavy (non-hydrogen) atoms. The van der Waals surface area contributed by atoms with E-state index in [0.29, 0.717) is 0 Å². The van der Waals surface area contributed by atoms with Gasteiger partial charge >= 0.3 is 0 Å². The number of unbranched alkanes of at least 4 members (excludes halogenated alkanes) is 6. The lowest BCUT2D eigenvalue weighted by Gasteiger charge is -2.34. The predicted molar refractivity (Wildman–Crippen MR) is 99.6 cm³/mol. The van der Waals surface area contributed by atoms with Gasteiger partial charge in [0.2, 0.25) is 0 Å². The molecule has 0 amide bonds. The van der Waals surface area contributed by atoms with Gasteiger partial charge in [0.05, 0.1) is 5.22 Å².